The van der Waals surface area contributed by atoms with Crippen LogP contribution in [0.5, 0.6) is 0 Å². The van der Waals surface area contributed by atoms with Crippen LogP contribution in [-0.4, -0.2) is 24.0 Å². The Balaban J connectivity index is 2.34. The Morgan fingerprint density at radius 3 is 2.64 bits per heavy atom. The molecule has 0 radical (unpaired) electrons. The van der Waals surface area contributed by atoms with E-state index in [0.29, 0.717) is 0 Å². The maximum Gasteiger partial charge on any atom is 0.00671 e. The van der Waals surface area contributed by atoms with Crippen LogP contribution < -0.4 is 0 Å². The summed E-state index contributed by atoms with van der Waals surface area (Å²) in [7, 11) is 0. The molecule has 1 heteroatoms. The van der Waals surface area contributed by atoms with E-state index >= 15 is 0 Å². The second-order valence-electron chi connectivity index (χ2n) is 4.03. The van der Waals surface area contributed by atoms with Crippen molar-refractivity contribution in [2.75, 3.05) is 13.1 Å². The first-order valence-corrected chi connectivity index (χ1v) is 4.98. The first kappa shape index (κ1) is 9.05. The summed E-state index contributed by atoms with van der Waals surface area (Å²) < 4.78 is 0. The van der Waals surface area contributed by atoms with Crippen LogP contribution in [0.1, 0.15) is 40.0 Å². The quantitative estimate of drug-likeness (QED) is 0.592. The molecule has 0 aromatic carbocycles. The van der Waals surface area contributed by atoms with Crippen molar-refractivity contribution in [1.29, 1.82) is 0 Å². The fourth-order valence-electron chi connectivity index (χ4n) is 1.98. The van der Waals surface area contributed by atoms with Crippen LogP contribution >= 0.6 is 0 Å². The van der Waals surface area contributed by atoms with E-state index in [1.54, 1.807) is 0 Å². The van der Waals surface area contributed by atoms with Gasteiger partial charge in [0.25, 0.3) is 0 Å². The highest BCUT2D eigenvalue weighted by Crippen LogP contribution is 2.20. The zero-order valence-corrected chi connectivity index (χ0v) is 8.14. The molecule has 1 aliphatic heterocycles. The van der Waals surface area contributed by atoms with Crippen molar-refractivity contribution < 1.29 is 0 Å². The van der Waals surface area contributed by atoms with Crippen molar-refractivity contribution in [1.82, 2.24) is 4.90 Å². The van der Waals surface area contributed by atoms with Gasteiger partial charge in [0, 0.05) is 12.6 Å². The summed E-state index contributed by atoms with van der Waals surface area (Å²) in [5.74, 6) is 0.928. The van der Waals surface area contributed by atoms with E-state index in [1.165, 1.54) is 32.4 Å². The smallest absolute Gasteiger partial charge is 0.00671 e. The molecule has 0 aliphatic carbocycles. The van der Waals surface area contributed by atoms with Gasteiger partial charge in [-0.1, -0.05) is 13.8 Å². The minimum absolute atomic E-state index is 0.839. The Labute approximate surface area is 70.8 Å². The fraction of sp³-hybridized carbons (Fsp3) is 1.00. The maximum atomic E-state index is 2.63. The number of likely N-dealkylation sites (tertiary alicyclic amines) is 1. The number of rotatable bonds is 2. The van der Waals surface area contributed by atoms with Crippen LogP contribution in [0.2, 0.25) is 0 Å². The highest BCUT2D eigenvalue weighted by Gasteiger charge is 2.21. The third kappa shape index (κ3) is 2.48. The van der Waals surface area contributed by atoms with Gasteiger partial charge in [-0.25, -0.2) is 0 Å². The summed E-state index contributed by atoms with van der Waals surface area (Å²) in [6.45, 7) is 9.63. The summed E-state index contributed by atoms with van der Waals surface area (Å²) in [6, 6.07) is 0.839. The highest BCUT2D eigenvalue weighted by molar-refractivity contribution is 4.76. The van der Waals surface area contributed by atoms with Crippen molar-refractivity contribution in [2.45, 2.75) is 46.1 Å². The summed E-state index contributed by atoms with van der Waals surface area (Å²) in [6.07, 6.45) is 4.14. The fourth-order valence-corrected chi connectivity index (χ4v) is 1.98. The van der Waals surface area contributed by atoms with Crippen LogP contribution in [0.15, 0.2) is 0 Å². The second kappa shape index (κ2) is 4.10. The lowest BCUT2D eigenvalue weighted by Gasteiger charge is -2.36. The van der Waals surface area contributed by atoms with Gasteiger partial charge in [0.15, 0.2) is 0 Å². The molecule has 0 spiro atoms. The minimum atomic E-state index is 0.839. The highest BCUT2D eigenvalue weighted by atomic mass is 15.2. The molecular weight excluding hydrogens is 134 g/mol. The molecule has 1 unspecified atom stereocenters. The first-order chi connectivity index (χ1) is 5.24. The van der Waals surface area contributed by atoms with Crippen molar-refractivity contribution in [3.63, 3.8) is 0 Å². The molecule has 1 heterocycles. The molecule has 1 aliphatic rings. The Morgan fingerprint density at radius 2 is 2.00 bits per heavy atom. The van der Waals surface area contributed by atoms with Crippen LogP contribution in [0.25, 0.3) is 0 Å². The number of hydrogen-bond acceptors (Lipinski definition) is 1. The first-order valence-electron chi connectivity index (χ1n) is 4.98. The summed E-state index contributed by atoms with van der Waals surface area (Å²) in [5.41, 5.74) is 0. The van der Waals surface area contributed by atoms with Crippen LogP contribution in [0.4, 0.5) is 0 Å². The average Bonchev–Trinajstić information content (AvgIpc) is 1.98. The van der Waals surface area contributed by atoms with E-state index < -0.39 is 0 Å². The van der Waals surface area contributed by atoms with E-state index in [1.807, 2.05) is 0 Å². The van der Waals surface area contributed by atoms with Crippen molar-refractivity contribution in [3.8, 4) is 0 Å². The van der Waals surface area contributed by atoms with E-state index in [-0.39, 0.29) is 0 Å². The molecule has 11 heavy (non-hydrogen) atoms. The summed E-state index contributed by atoms with van der Waals surface area (Å²) in [5, 5.41) is 0. The lowest BCUT2D eigenvalue weighted by molar-refractivity contribution is 0.125. The SMILES string of the molecule is CCCN1C[C@@H](C)CCC1C. The largest absolute Gasteiger partial charge is 0.300 e. The standard InChI is InChI=1S/C10H21N/c1-4-7-11-8-9(2)5-6-10(11)3/h9-10H,4-8H2,1-3H3/t9-,10?/m0/s1. The predicted octanol–water partition coefficient (Wildman–Crippen LogP) is 2.52. The van der Waals surface area contributed by atoms with Gasteiger partial charge in [0.2, 0.25) is 0 Å². The second-order valence-corrected chi connectivity index (χ2v) is 4.03. The van der Waals surface area contributed by atoms with Crippen LogP contribution in [-0.2, 0) is 0 Å². The van der Waals surface area contributed by atoms with Gasteiger partial charge in [-0.15, -0.1) is 0 Å². The van der Waals surface area contributed by atoms with E-state index in [0.717, 1.165) is 12.0 Å². The molecule has 2 atom stereocenters. The van der Waals surface area contributed by atoms with Gasteiger partial charge < -0.3 is 4.90 Å². The maximum absolute atomic E-state index is 2.63. The van der Waals surface area contributed by atoms with E-state index in [4.69, 9.17) is 0 Å². The van der Waals surface area contributed by atoms with Gasteiger partial charge in [0.05, 0.1) is 0 Å². The van der Waals surface area contributed by atoms with Gasteiger partial charge in [-0.05, 0) is 38.6 Å². The van der Waals surface area contributed by atoms with Crippen LogP contribution in [0.3, 0.4) is 0 Å². The Kier molecular flexibility index (Phi) is 3.38. The molecule has 0 bridgehead atoms. The van der Waals surface area contributed by atoms with Crippen molar-refractivity contribution in [2.24, 2.45) is 5.92 Å². The molecule has 66 valence electrons. The molecule has 0 saturated carbocycles. The number of nitrogens with zero attached hydrogens (tertiary/aromatic N) is 1. The summed E-state index contributed by atoms with van der Waals surface area (Å²) in [4.78, 5) is 2.63. The third-order valence-electron chi connectivity index (χ3n) is 2.76. The molecular formula is C10H21N. The van der Waals surface area contributed by atoms with Crippen molar-refractivity contribution >= 4 is 0 Å². The molecule has 0 N–H and O–H groups in total. The Bertz CT molecular complexity index is 111. The lowest BCUT2D eigenvalue weighted by atomic mass is 9.95. The van der Waals surface area contributed by atoms with Gasteiger partial charge >= 0.3 is 0 Å². The third-order valence-corrected chi connectivity index (χ3v) is 2.76. The predicted molar refractivity (Wildman–Crippen MR) is 49.7 cm³/mol. The van der Waals surface area contributed by atoms with Gasteiger partial charge in [-0.2, -0.15) is 0 Å². The molecule has 1 fully saturated rings. The lowest BCUT2D eigenvalue weighted by Crippen LogP contribution is -2.41. The minimum Gasteiger partial charge on any atom is -0.300 e. The zero-order chi connectivity index (χ0) is 8.27. The Hall–Kier alpha value is -0.0400. The molecule has 0 aromatic heterocycles. The zero-order valence-electron chi connectivity index (χ0n) is 8.14. The monoisotopic (exact) mass is 155 g/mol. The molecule has 1 rings (SSSR count). The molecule has 1 nitrogen and oxygen atoms in total. The normalized spacial score (nSPS) is 34.1. The summed E-state index contributed by atoms with van der Waals surface area (Å²) >= 11 is 0. The molecule has 0 amide bonds. The number of piperidine rings is 1. The number of hydrogen-bond donors (Lipinski definition) is 0. The topological polar surface area (TPSA) is 3.24 Å². The van der Waals surface area contributed by atoms with E-state index in [2.05, 4.69) is 25.7 Å². The van der Waals surface area contributed by atoms with Gasteiger partial charge in [0.1, 0.15) is 0 Å². The van der Waals surface area contributed by atoms with E-state index in [9.17, 15) is 0 Å². The van der Waals surface area contributed by atoms with Crippen LogP contribution in [0, 0.1) is 5.92 Å². The average molecular weight is 155 g/mol. The molecule has 0 aromatic rings. The van der Waals surface area contributed by atoms with Gasteiger partial charge in [-0.3, -0.25) is 0 Å². The molecule has 1 saturated heterocycles. The Morgan fingerprint density at radius 1 is 1.27 bits per heavy atom. The van der Waals surface area contributed by atoms with Crippen molar-refractivity contribution in [3.05, 3.63) is 0 Å².